The molecule has 4 saturated heterocycles. The van der Waals surface area contributed by atoms with Crippen LogP contribution in [0.2, 0.25) is 0 Å². The number of nitrogens with zero attached hydrogens (tertiary/aromatic N) is 4. The number of hydrogen-bond acceptors (Lipinski definition) is 16. The number of ether oxygens (including phenoxy) is 6. The molecule has 0 saturated carbocycles. The van der Waals surface area contributed by atoms with Crippen LogP contribution in [-0.2, 0) is 46.0 Å². The Morgan fingerprint density at radius 2 is 1.73 bits per heavy atom. The number of halogens is 3. The molecule has 4 N–H and O–H groups in total. The summed E-state index contributed by atoms with van der Waals surface area (Å²) in [6.45, 7) is 14.5. The van der Waals surface area contributed by atoms with Crippen molar-refractivity contribution in [2.24, 2.45) is 17.8 Å². The zero-order chi connectivity index (χ0) is 48.5. The molecule has 4 fully saturated rings. The summed E-state index contributed by atoms with van der Waals surface area (Å²) in [5, 5.41) is 38.2. The van der Waals surface area contributed by atoms with E-state index in [4.69, 9.17) is 28.4 Å². The van der Waals surface area contributed by atoms with Crippen LogP contribution in [0.3, 0.4) is 0 Å². The van der Waals surface area contributed by atoms with Gasteiger partial charge in [0.25, 0.3) is 0 Å². The van der Waals surface area contributed by atoms with E-state index in [1.54, 1.807) is 56.0 Å². The zero-order valence-corrected chi connectivity index (χ0v) is 39.8. The van der Waals surface area contributed by atoms with Crippen LogP contribution < -0.4 is 10.2 Å². The van der Waals surface area contributed by atoms with E-state index in [1.165, 1.54) is 6.92 Å². The van der Waals surface area contributed by atoms with Gasteiger partial charge in [-0.25, -0.2) is 14.8 Å². The molecule has 19 heteroatoms. The second kappa shape index (κ2) is 20.6. The van der Waals surface area contributed by atoms with Crippen molar-refractivity contribution >= 4 is 17.9 Å². The standard InChI is InChI=1S/C47H70F3N5O11/c1-11-34-45(8,60)38(57)30(6)51-23-26(2)22-44(7)39(64-42-35(56)33(54(9)10)21-27(3)62-42)28(4)36(29(5)40(58)63-34)65-46(66-44)17-19-55(20-18-46)43-52-24-32(37(53-43)47(48,49)50)41(59)61-25-31-15-13-12-14-16-31/h12-16,24,26-30,33-36,38-39,42,51,56-57,60H,11,17-23,25H2,1-10H3/t26-,27-,28+,29-,30-,33?,34-,35-,36+,38-,39-,42+,44-,45-/m1/s1. The van der Waals surface area contributed by atoms with Gasteiger partial charge >= 0.3 is 18.1 Å². The van der Waals surface area contributed by atoms with Gasteiger partial charge in [-0.1, -0.05) is 51.1 Å². The quantitative estimate of drug-likeness (QED) is 0.262. The maximum atomic E-state index is 14.6. The van der Waals surface area contributed by atoms with E-state index < -0.39 is 101 Å². The van der Waals surface area contributed by atoms with Crippen molar-refractivity contribution in [2.45, 2.75) is 172 Å². The Morgan fingerprint density at radius 3 is 2.35 bits per heavy atom. The van der Waals surface area contributed by atoms with Gasteiger partial charge in [0.15, 0.2) is 17.8 Å². The number of benzene rings is 1. The summed E-state index contributed by atoms with van der Waals surface area (Å²) < 4.78 is 82.6. The number of rotatable bonds is 8. The maximum absolute atomic E-state index is 14.6. The van der Waals surface area contributed by atoms with Gasteiger partial charge in [-0.15, -0.1) is 0 Å². The summed E-state index contributed by atoms with van der Waals surface area (Å²) in [5.74, 6) is -5.43. The molecule has 1 spiro atoms. The number of cyclic esters (lactones) is 1. The minimum atomic E-state index is -5.01. The van der Waals surface area contributed by atoms with Gasteiger partial charge in [-0.3, -0.25) is 4.79 Å². The zero-order valence-electron chi connectivity index (χ0n) is 39.8. The van der Waals surface area contributed by atoms with Gasteiger partial charge in [-0.05, 0) is 86.0 Å². The minimum Gasteiger partial charge on any atom is -0.459 e. The second-order valence-electron chi connectivity index (χ2n) is 19.7. The van der Waals surface area contributed by atoms with E-state index >= 15 is 0 Å². The summed E-state index contributed by atoms with van der Waals surface area (Å²) in [5.41, 5.74) is -4.71. The van der Waals surface area contributed by atoms with Gasteiger partial charge in [0, 0.05) is 50.1 Å². The summed E-state index contributed by atoms with van der Waals surface area (Å²) in [6.07, 6.45) is -9.64. The van der Waals surface area contributed by atoms with Crippen LogP contribution in [0.25, 0.3) is 0 Å². The molecule has 6 rings (SSSR count). The molecular formula is C47H70F3N5O11. The van der Waals surface area contributed by atoms with Crippen molar-refractivity contribution < 1.29 is 66.5 Å². The third-order valence-corrected chi connectivity index (χ3v) is 14.0. The second-order valence-corrected chi connectivity index (χ2v) is 19.7. The van der Waals surface area contributed by atoms with Crippen molar-refractivity contribution in [3.05, 3.63) is 53.3 Å². The van der Waals surface area contributed by atoms with E-state index in [2.05, 4.69) is 15.3 Å². The van der Waals surface area contributed by atoms with Crippen molar-refractivity contribution in [3.8, 4) is 0 Å². The predicted molar refractivity (Wildman–Crippen MR) is 235 cm³/mol. The van der Waals surface area contributed by atoms with E-state index in [-0.39, 0.29) is 63.0 Å². The van der Waals surface area contributed by atoms with Gasteiger partial charge in [0.05, 0.1) is 29.8 Å². The molecule has 1 unspecified atom stereocenters. The molecular weight excluding hydrogens is 868 g/mol. The van der Waals surface area contributed by atoms with Gasteiger partial charge in [0.2, 0.25) is 5.95 Å². The minimum absolute atomic E-state index is 0.0520. The molecule has 16 nitrogen and oxygen atoms in total. The van der Waals surface area contributed by atoms with Crippen molar-refractivity contribution in [1.82, 2.24) is 20.2 Å². The molecule has 1 aromatic heterocycles. The topological polar surface area (TPSA) is 194 Å². The number of carbonyl (C=O) groups excluding carboxylic acids is 2. The van der Waals surface area contributed by atoms with Gasteiger partial charge in [-0.2, -0.15) is 13.2 Å². The van der Waals surface area contributed by atoms with Crippen molar-refractivity contribution in [2.75, 3.05) is 38.6 Å². The molecule has 4 aliphatic heterocycles. The summed E-state index contributed by atoms with van der Waals surface area (Å²) in [7, 11) is 3.75. The Bertz CT molecular complexity index is 1960. The van der Waals surface area contributed by atoms with Crippen LogP contribution in [0, 0.1) is 17.8 Å². The smallest absolute Gasteiger partial charge is 0.434 e. The Morgan fingerprint density at radius 1 is 1.06 bits per heavy atom. The summed E-state index contributed by atoms with van der Waals surface area (Å²) >= 11 is 0. The highest BCUT2D eigenvalue weighted by atomic mass is 19.4. The van der Waals surface area contributed by atoms with E-state index in [9.17, 15) is 38.1 Å². The SMILES string of the molecule is CC[C@H]1OC(=O)[C@H](C)[C@H]2OC3(CCN(c4ncc(C(=O)OCc5ccccc5)c(C(F)(F)F)n4)CC3)O[C@](C)(C[C@@H](C)CN[C@H](C)[C@@H](O)[C@]1(C)O)[C@H](O[C@@H]1O[C@H](C)CC(N(C)C)[C@H]1O)[C@H]2C. The number of aromatic nitrogens is 2. The maximum Gasteiger partial charge on any atom is 0.434 e. The lowest BCUT2D eigenvalue weighted by Crippen LogP contribution is -2.60. The van der Waals surface area contributed by atoms with Crippen LogP contribution in [0.15, 0.2) is 36.5 Å². The van der Waals surface area contributed by atoms with Gasteiger partial charge < -0.3 is 58.9 Å². The first-order chi connectivity index (χ1) is 30.9. The Hall–Kier alpha value is -3.53. The molecule has 0 aliphatic carbocycles. The fourth-order valence-corrected chi connectivity index (χ4v) is 10.3. The molecule has 370 valence electrons. The van der Waals surface area contributed by atoms with Crippen LogP contribution >= 0.6 is 0 Å². The fourth-order valence-electron chi connectivity index (χ4n) is 10.3. The number of nitrogens with one attached hydrogen (secondary N) is 1. The normalized spacial score (nSPS) is 37.2. The van der Waals surface area contributed by atoms with Crippen molar-refractivity contribution in [1.29, 1.82) is 0 Å². The Kier molecular flexibility index (Phi) is 16.2. The van der Waals surface area contributed by atoms with Crippen LogP contribution in [0.1, 0.15) is 109 Å². The first-order valence-corrected chi connectivity index (χ1v) is 23.2. The fraction of sp³-hybridized carbons (Fsp3) is 0.745. The number of fused-ring (bicyclic) bond motifs is 3. The number of aliphatic hydroxyl groups excluding tert-OH is 2. The Labute approximate surface area is 385 Å². The van der Waals surface area contributed by atoms with Crippen LogP contribution in [0.4, 0.5) is 19.1 Å². The third kappa shape index (κ3) is 11.3. The molecule has 4 aliphatic rings. The lowest BCUT2D eigenvalue weighted by Gasteiger charge is -2.49. The largest absolute Gasteiger partial charge is 0.459 e. The van der Waals surface area contributed by atoms with Crippen LogP contribution in [-0.4, -0.2) is 148 Å². The number of piperidine rings is 1. The monoisotopic (exact) mass is 938 g/mol. The van der Waals surface area contributed by atoms with E-state index in [1.807, 2.05) is 46.7 Å². The number of hydrogen-bond donors (Lipinski definition) is 4. The molecule has 66 heavy (non-hydrogen) atoms. The molecule has 5 heterocycles. The number of likely N-dealkylation sites (N-methyl/N-ethyl adjacent to an activating group) is 1. The predicted octanol–water partition coefficient (Wildman–Crippen LogP) is 4.86. The first kappa shape index (κ1) is 51.9. The summed E-state index contributed by atoms with van der Waals surface area (Å²) in [4.78, 5) is 39.0. The highest BCUT2D eigenvalue weighted by molar-refractivity contribution is 5.90. The lowest BCUT2D eigenvalue weighted by molar-refractivity contribution is -0.327. The average molecular weight is 938 g/mol. The van der Waals surface area contributed by atoms with E-state index in [0.29, 0.717) is 24.9 Å². The first-order valence-electron chi connectivity index (χ1n) is 23.2. The molecule has 1 aromatic carbocycles. The number of alkyl halides is 3. The van der Waals surface area contributed by atoms with Crippen molar-refractivity contribution in [3.63, 3.8) is 0 Å². The van der Waals surface area contributed by atoms with Crippen LogP contribution in [0.5, 0.6) is 0 Å². The third-order valence-electron chi connectivity index (χ3n) is 14.0. The molecule has 0 amide bonds. The molecule has 2 aromatic rings. The molecule has 0 radical (unpaired) electrons. The van der Waals surface area contributed by atoms with E-state index in [0.717, 1.165) is 6.20 Å². The average Bonchev–Trinajstić information content (AvgIpc) is 3.34. The number of esters is 2. The number of aliphatic hydroxyl groups is 3. The molecule has 2 bridgehead atoms. The lowest BCUT2D eigenvalue weighted by atomic mass is 9.78. The number of anilines is 1. The molecule has 14 atom stereocenters. The summed E-state index contributed by atoms with van der Waals surface area (Å²) in [6, 6.07) is 7.64. The number of carbonyl (C=O) groups is 2. The highest BCUT2D eigenvalue weighted by Crippen LogP contribution is 2.48. The highest BCUT2D eigenvalue weighted by Gasteiger charge is 2.58. The Balaban J connectivity index is 1.36. The van der Waals surface area contributed by atoms with Gasteiger partial charge in [0.1, 0.15) is 36.1 Å².